The van der Waals surface area contributed by atoms with Gasteiger partial charge in [0, 0.05) is 24.0 Å². The number of nitrogens with two attached hydrogens (primary N) is 1. The van der Waals surface area contributed by atoms with Crippen molar-refractivity contribution in [3.63, 3.8) is 0 Å². The highest BCUT2D eigenvalue weighted by Gasteiger charge is 2.04. The molecule has 92 valence electrons. The second kappa shape index (κ2) is 4.80. The number of rotatable bonds is 3. The second-order valence-corrected chi connectivity index (χ2v) is 4.31. The first-order valence-electron chi connectivity index (χ1n) is 5.72. The molecule has 0 atom stereocenters. The third kappa shape index (κ3) is 2.43. The van der Waals surface area contributed by atoms with Crippen molar-refractivity contribution in [3.05, 3.63) is 36.0 Å². The Bertz CT molecular complexity index is 592. The van der Waals surface area contributed by atoms with Crippen LogP contribution in [0.15, 0.2) is 30.5 Å². The molecule has 0 spiro atoms. The molecular formula is C13H15N5. The Hall–Kier alpha value is -2.48. The van der Waals surface area contributed by atoms with Crippen molar-refractivity contribution in [2.24, 2.45) is 0 Å². The van der Waals surface area contributed by atoms with E-state index < -0.39 is 0 Å². The van der Waals surface area contributed by atoms with Gasteiger partial charge in [-0.3, -0.25) is 4.68 Å². The lowest BCUT2D eigenvalue weighted by Gasteiger charge is -2.06. The first-order chi connectivity index (χ1) is 8.60. The molecule has 0 aliphatic heterocycles. The largest absolute Gasteiger partial charge is 0.398 e. The molecule has 18 heavy (non-hydrogen) atoms. The van der Waals surface area contributed by atoms with E-state index in [0.29, 0.717) is 17.3 Å². The van der Waals surface area contributed by atoms with E-state index in [1.165, 1.54) is 0 Å². The third-order valence-corrected chi connectivity index (χ3v) is 2.58. The van der Waals surface area contributed by atoms with Crippen molar-refractivity contribution in [1.82, 2.24) is 9.78 Å². The number of nitrogens with one attached hydrogen (secondary N) is 1. The van der Waals surface area contributed by atoms with E-state index >= 15 is 0 Å². The van der Waals surface area contributed by atoms with E-state index in [4.69, 9.17) is 11.0 Å². The van der Waals surface area contributed by atoms with Crippen molar-refractivity contribution in [3.8, 4) is 6.07 Å². The van der Waals surface area contributed by atoms with Crippen LogP contribution < -0.4 is 11.1 Å². The molecule has 2 aromatic rings. The summed E-state index contributed by atoms with van der Waals surface area (Å²) in [4.78, 5) is 0. The maximum atomic E-state index is 8.80. The fourth-order valence-electron chi connectivity index (χ4n) is 1.58. The Morgan fingerprint density at radius 1 is 1.39 bits per heavy atom. The van der Waals surface area contributed by atoms with Crippen molar-refractivity contribution >= 4 is 17.2 Å². The lowest BCUT2D eigenvalue weighted by Crippen LogP contribution is -2.02. The first-order valence-corrected chi connectivity index (χ1v) is 5.72. The summed E-state index contributed by atoms with van der Waals surface area (Å²) in [5.74, 6) is 0.757. The third-order valence-electron chi connectivity index (χ3n) is 2.58. The van der Waals surface area contributed by atoms with E-state index in [1.54, 1.807) is 12.1 Å². The number of aromatic nitrogens is 2. The summed E-state index contributed by atoms with van der Waals surface area (Å²) < 4.78 is 1.87. The van der Waals surface area contributed by atoms with E-state index in [2.05, 4.69) is 24.3 Å². The van der Waals surface area contributed by atoms with E-state index in [1.807, 2.05) is 29.1 Å². The molecule has 3 N–H and O–H groups in total. The highest BCUT2D eigenvalue weighted by molar-refractivity contribution is 5.66. The highest BCUT2D eigenvalue weighted by atomic mass is 15.3. The van der Waals surface area contributed by atoms with Crippen LogP contribution in [0.5, 0.6) is 0 Å². The Morgan fingerprint density at radius 3 is 2.72 bits per heavy atom. The zero-order valence-electron chi connectivity index (χ0n) is 10.4. The van der Waals surface area contributed by atoms with Crippen LogP contribution in [0.3, 0.4) is 0 Å². The molecule has 2 rings (SSSR count). The van der Waals surface area contributed by atoms with Crippen LogP contribution in [0, 0.1) is 11.3 Å². The SMILES string of the molecule is CC(C)n1ccc(Nc2ccc(C#N)c(N)c2)n1. The predicted octanol–water partition coefficient (Wildman–Crippen LogP) is 2.66. The molecule has 0 amide bonds. The van der Waals surface area contributed by atoms with Crippen molar-refractivity contribution < 1.29 is 0 Å². The van der Waals surface area contributed by atoms with Gasteiger partial charge in [-0.1, -0.05) is 0 Å². The van der Waals surface area contributed by atoms with E-state index in [-0.39, 0.29) is 0 Å². The van der Waals surface area contributed by atoms with Crippen LogP contribution >= 0.6 is 0 Å². The molecular weight excluding hydrogens is 226 g/mol. The normalized spacial score (nSPS) is 10.3. The van der Waals surface area contributed by atoms with Gasteiger partial charge in [-0.2, -0.15) is 10.4 Å². The van der Waals surface area contributed by atoms with Gasteiger partial charge < -0.3 is 11.1 Å². The summed E-state index contributed by atoms with van der Waals surface area (Å²) in [6.07, 6.45) is 1.92. The average Bonchev–Trinajstić information content (AvgIpc) is 2.78. The number of nitrogens with zero attached hydrogens (tertiary/aromatic N) is 3. The average molecular weight is 241 g/mol. The molecule has 1 aromatic carbocycles. The molecule has 0 aliphatic carbocycles. The Kier molecular flexibility index (Phi) is 3.20. The van der Waals surface area contributed by atoms with E-state index in [9.17, 15) is 0 Å². The fourth-order valence-corrected chi connectivity index (χ4v) is 1.58. The molecule has 0 saturated carbocycles. The zero-order valence-corrected chi connectivity index (χ0v) is 10.4. The maximum absolute atomic E-state index is 8.80. The Balaban J connectivity index is 2.18. The fraction of sp³-hybridized carbons (Fsp3) is 0.231. The first kappa shape index (κ1) is 12.0. The summed E-state index contributed by atoms with van der Waals surface area (Å²) in [5.41, 5.74) is 7.51. The molecule has 5 nitrogen and oxygen atoms in total. The monoisotopic (exact) mass is 241 g/mol. The zero-order chi connectivity index (χ0) is 13.1. The van der Waals surface area contributed by atoms with Gasteiger partial charge in [-0.05, 0) is 32.0 Å². The number of anilines is 3. The standard InChI is InChI=1S/C13H15N5/c1-9(2)18-6-5-13(17-18)16-11-4-3-10(8-14)12(15)7-11/h3-7,9H,15H2,1-2H3,(H,16,17). The Morgan fingerprint density at radius 2 is 2.17 bits per heavy atom. The molecule has 0 radical (unpaired) electrons. The van der Waals surface area contributed by atoms with Gasteiger partial charge >= 0.3 is 0 Å². The molecule has 5 heteroatoms. The molecule has 1 heterocycles. The molecule has 1 aromatic heterocycles. The minimum atomic E-state index is 0.326. The van der Waals surface area contributed by atoms with Gasteiger partial charge in [0.05, 0.1) is 11.3 Å². The number of hydrogen-bond acceptors (Lipinski definition) is 4. The van der Waals surface area contributed by atoms with Crippen LogP contribution in [-0.2, 0) is 0 Å². The topological polar surface area (TPSA) is 79.7 Å². The van der Waals surface area contributed by atoms with Gasteiger partial charge in [0.2, 0.25) is 0 Å². The number of nitrogen functional groups attached to an aromatic ring is 1. The van der Waals surface area contributed by atoms with Crippen LogP contribution in [-0.4, -0.2) is 9.78 Å². The van der Waals surface area contributed by atoms with Gasteiger partial charge in [0.15, 0.2) is 5.82 Å². The minimum absolute atomic E-state index is 0.326. The molecule has 0 aliphatic rings. The van der Waals surface area contributed by atoms with Gasteiger partial charge in [0.25, 0.3) is 0 Å². The highest BCUT2D eigenvalue weighted by Crippen LogP contribution is 2.20. The predicted molar refractivity (Wildman–Crippen MR) is 71.5 cm³/mol. The quantitative estimate of drug-likeness (QED) is 0.809. The maximum Gasteiger partial charge on any atom is 0.152 e. The molecule has 0 saturated heterocycles. The molecule has 0 unspecified atom stereocenters. The minimum Gasteiger partial charge on any atom is -0.398 e. The number of benzene rings is 1. The number of hydrogen-bond donors (Lipinski definition) is 2. The molecule has 0 fully saturated rings. The Labute approximate surface area is 106 Å². The second-order valence-electron chi connectivity index (χ2n) is 4.31. The van der Waals surface area contributed by atoms with Crippen LogP contribution in [0.25, 0.3) is 0 Å². The van der Waals surface area contributed by atoms with Gasteiger partial charge in [-0.15, -0.1) is 0 Å². The van der Waals surface area contributed by atoms with Crippen molar-refractivity contribution in [1.29, 1.82) is 5.26 Å². The smallest absolute Gasteiger partial charge is 0.152 e. The van der Waals surface area contributed by atoms with Gasteiger partial charge in [0.1, 0.15) is 6.07 Å². The van der Waals surface area contributed by atoms with Crippen LogP contribution in [0.2, 0.25) is 0 Å². The summed E-state index contributed by atoms with van der Waals surface area (Å²) in [6, 6.07) is 9.49. The summed E-state index contributed by atoms with van der Waals surface area (Å²) in [5, 5.41) is 16.3. The summed E-state index contributed by atoms with van der Waals surface area (Å²) in [7, 11) is 0. The lowest BCUT2D eigenvalue weighted by atomic mass is 10.2. The summed E-state index contributed by atoms with van der Waals surface area (Å²) >= 11 is 0. The van der Waals surface area contributed by atoms with Crippen molar-refractivity contribution in [2.45, 2.75) is 19.9 Å². The number of nitriles is 1. The molecule has 0 bridgehead atoms. The van der Waals surface area contributed by atoms with Crippen molar-refractivity contribution in [2.75, 3.05) is 11.1 Å². The van der Waals surface area contributed by atoms with Crippen LogP contribution in [0.4, 0.5) is 17.2 Å². The van der Waals surface area contributed by atoms with Crippen LogP contribution in [0.1, 0.15) is 25.5 Å². The summed E-state index contributed by atoms with van der Waals surface area (Å²) in [6.45, 7) is 4.13. The van der Waals surface area contributed by atoms with E-state index in [0.717, 1.165) is 11.5 Å². The lowest BCUT2D eigenvalue weighted by molar-refractivity contribution is 0.534. The van der Waals surface area contributed by atoms with Gasteiger partial charge in [-0.25, -0.2) is 0 Å².